The predicted octanol–water partition coefficient (Wildman–Crippen LogP) is 2.65. The van der Waals surface area contributed by atoms with Crippen LogP contribution in [0.25, 0.3) is 0 Å². The first kappa shape index (κ1) is 10.1. The number of nitrogens with zero attached hydrogens (tertiary/aromatic N) is 1. The van der Waals surface area contributed by atoms with Crippen LogP contribution in [0.3, 0.4) is 0 Å². The van der Waals surface area contributed by atoms with Crippen LogP contribution in [0.4, 0.5) is 5.95 Å². The maximum atomic E-state index is 4.08. The fourth-order valence-electron chi connectivity index (χ4n) is 1.25. The lowest BCUT2D eigenvalue weighted by Gasteiger charge is -2.04. The highest BCUT2D eigenvalue weighted by molar-refractivity contribution is 5.22. The smallest absolute Gasteiger partial charge is 0.200 e. The summed E-state index contributed by atoms with van der Waals surface area (Å²) in [5, 5.41) is 3.23. The van der Waals surface area contributed by atoms with Crippen molar-refractivity contribution in [2.45, 2.75) is 33.1 Å². The van der Waals surface area contributed by atoms with Gasteiger partial charge in [-0.15, -0.1) is 0 Å². The quantitative estimate of drug-likeness (QED) is 0.662. The highest BCUT2D eigenvalue weighted by Gasteiger charge is 1.95. The van der Waals surface area contributed by atoms with Crippen LogP contribution in [-0.2, 0) is 0 Å². The summed E-state index contributed by atoms with van der Waals surface area (Å²) in [7, 11) is 0. The first-order valence-electron chi connectivity index (χ1n) is 5.02. The molecule has 0 bridgehead atoms. The predicted molar refractivity (Wildman–Crippen MR) is 55.8 cm³/mol. The number of imidazole rings is 1. The number of aromatic nitrogens is 2. The van der Waals surface area contributed by atoms with Crippen LogP contribution in [0, 0.1) is 5.92 Å². The highest BCUT2D eigenvalue weighted by Crippen LogP contribution is 2.06. The average molecular weight is 181 g/mol. The molecule has 1 aromatic rings. The Morgan fingerprint density at radius 1 is 1.46 bits per heavy atom. The molecule has 13 heavy (non-hydrogen) atoms. The number of aromatic amines is 1. The van der Waals surface area contributed by atoms with Crippen LogP contribution in [0.5, 0.6) is 0 Å². The Morgan fingerprint density at radius 3 is 2.92 bits per heavy atom. The Kier molecular flexibility index (Phi) is 4.36. The molecule has 0 fully saturated rings. The van der Waals surface area contributed by atoms with Crippen molar-refractivity contribution >= 4 is 5.95 Å². The minimum Gasteiger partial charge on any atom is -0.356 e. The van der Waals surface area contributed by atoms with Gasteiger partial charge in [-0.05, 0) is 12.3 Å². The van der Waals surface area contributed by atoms with Gasteiger partial charge in [-0.3, -0.25) is 0 Å². The zero-order valence-electron chi connectivity index (χ0n) is 8.51. The van der Waals surface area contributed by atoms with E-state index >= 15 is 0 Å². The summed E-state index contributed by atoms with van der Waals surface area (Å²) in [6.45, 7) is 5.54. The van der Waals surface area contributed by atoms with E-state index in [9.17, 15) is 0 Å². The molecule has 1 aromatic heterocycles. The summed E-state index contributed by atoms with van der Waals surface area (Å²) >= 11 is 0. The summed E-state index contributed by atoms with van der Waals surface area (Å²) in [5.41, 5.74) is 0. The Bertz CT molecular complexity index is 204. The minimum atomic E-state index is 0.823. The molecule has 1 heterocycles. The van der Waals surface area contributed by atoms with Crippen molar-refractivity contribution in [2.24, 2.45) is 5.92 Å². The van der Waals surface area contributed by atoms with Crippen LogP contribution in [0.15, 0.2) is 12.4 Å². The van der Waals surface area contributed by atoms with Gasteiger partial charge in [0, 0.05) is 18.9 Å². The van der Waals surface area contributed by atoms with Gasteiger partial charge in [0.25, 0.3) is 0 Å². The molecule has 3 nitrogen and oxygen atoms in total. The maximum absolute atomic E-state index is 4.08. The van der Waals surface area contributed by atoms with E-state index in [0.29, 0.717) is 0 Å². The Balaban J connectivity index is 1.96. The number of nitrogens with one attached hydrogen (secondary N) is 2. The number of anilines is 1. The van der Waals surface area contributed by atoms with E-state index in [1.54, 1.807) is 6.20 Å². The molecule has 0 aromatic carbocycles. The lowest BCUT2D eigenvalue weighted by Crippen LogP contribution is -2.03. The van der Waals surface area contributed by atoms with Crippen LogP contribution >= 0.6 is 0 Å². The van der Waals surface area contributed by atoms with Crippen molar-refractivity contribution in [2.75, 3.05) is 11.9 Å². The summed E-state index contributed by atoms with van der Waals surface area (Å²) < 4.78 is 0. The average Bonchev–Trinajstić information content (AvgIpc) is 2.55. The van der Waals surface area contributed by atoms with E-state index in [-0.39, 0.29) is 0 Å². The highest BCUT2D eigenvalue weighted by atomic mass is 15.1. The molecular formula is C10H19N3. The number of rotatable bonds is 6. The molecule has 0 aliphatic carbocycles. The molecule has 0 aliphatic rings. The summed E-state index contributed by atoms with van der Waals surface area (Å²) in [6, 6.07) is 0. The number of H-pyrrole nitrogens is 1. The number of hydrogen-bond donors (Lipinski definition) is 2. The molecule has 2 N–H and O–H groups in total. The Hall–Kier alpha value is -0.990. The third-order valence-electron chi connectivity index (χ3n) is 2.00. The topological polar surface area (TPSA) is 40.7 Å². The SMILES string of the molecule is CC(C)CCCCNc1ncc[nH]1. The number of hydrogen-bond acceptors (Lipinski definition) is 2. The zero-order chi connectivity index (χ0) is 9.52. The largest absolute Gasteiger partial charge is 0.356 e. The standard InChI is InChI=1S/C10H19N3/c1-9(2)5-3-4-6-11-10-12-7-8-13-10/h7-9H,3-6H2,1-2H3,(H2,11,12,13). The minimum absolute atomic E-state index is 0.823. The normalized spacial score (nSPS) is 10.7. The fraction of sp³-hybridized carbons (Fsp3) is 0.700. The third kappa shape index (κ3) is 4.55. The summed E-state index contributed by atoms with van der Waals surface area (Å²) in [4.78, 5) is 7.10. The Morgan fingerprint density at radius 2 is 2.31 bits per heavy atom. The molecule has 74 valence electrons. The van der Waals surface area contributed by atoms with Crippen molar-refractivity contribution in [3.8, 4) is 0 Å². The lowest BCUT2D eigenvalue weighted by molar-refractivity contribution is 0.544. The molecule has 0 amide bonds. The summed E-state index contributed by atoms with van der Waals surface area (Å²) in [5.74, 6) is 1.70. The van der Waals surface area contributed by atoms with E-state index in [4.69, 9.17) is 0 Å². The zero-order valence-corrected chi connectivity index (χ0v) is 8.51. The third-order valence-corrected chi connectivity index (χ3v) is 2.00. The van der Waals surface area contributed by atoms with Crippen molar-refractivity contribution in [3.05, 3.63) is 12.4 Å². The van der Waals surface area contributed by atoms with Gasteiger partial charge in [-0.2, -0.15) is 0 Å². The molecular weight excluding hydrogens is 162 g/mol. The van der Waals surface area contributed by atoms with Crippen LogP contribution in [0.1, 0.15) is 33.1 Å². The van der Waals surface area contributed by atoms with Gasteiger partial charge in [0.2, 0.25) is 0 Å². The van der Waals surface area contributed by atoms with E-state index in [1.165, 1.54) is 19.3 Å². The monoisotopic (exact) mass is 181 g/mol. The van der Waals surface area contributed by atoms with Gasteiger partial charge in [0.1, 0.15) is 0 Å². The van der Waals surface area contributed by atoms with Gasteiger partial charge in [-0.25, -0.2) is 4.98 Å². The number of unbranched alkanes of at least 4 members (excludes halogenated alkanes) is 1. The first-order valence-corrected chi connectivity index (χ1v) is 5.02. The Labute approximate surface area is 80.0 Å². The van der Waals surface area contributed by atoms with Gasteiger partial charge in [0.15, 0.2) is 5.95 Å². The van der Waals surface area contributed by atoms with Gasteiger partial charge < -0.3 is 10.3 Å². The van der Waals surface area contributed by atoms with E-state index in [2.05, 4.69) is 29.1 Å². The second-order valence-corrected chi connectivity index (χ2v) is 3.75. The summed E-state index contributed by atoms with van der Waals surface area (Å²) in [6.07, 6.45) is 7.43. The molecule has 0 saturated heterocycles. The van der Waals surface area contributed by atoms with Gasteiger partial charge in [0.05, 0.1) is 0 Å². The molecule has 1 rings (SSSR count). The van der Waals surface area contributed by atoms with Crippen molar-refractivity contribution < 1.29 is 0 Å². The van der Waals surface area contributed by atoms with Gasteiger partial charge in [-0.1, -0.05) is 26.7 Å². The van der Waals surface area contributed by atoms with E-state index < -0.39 is 0 Å². The lowest BCUT2D eigenvalue weighted by atomic mass is 10.1. The molecule has 0 unspecified atom stereocenters. The van der Waals surface area contributed by atoms with Gasteiger partial charge >= 0.3 is 0 Å². The second kappa shape index (κ2) is 5.62. The van der Waals surface area contributed by atoms with Crippen LogP contribution in [-0.4, -0.2) is 16.5 Å². The van der Waals surface area contributed by atoms with Crippen molar-refractivity contribution in [3.63, 3.8) is 0 Å². The van der Waals surface area contributed by atoms with E-state index in [1.807, 2.05) is 6.20 Å². The molecule has 0 aliphatic heterocycles. The molecule has 3 heteroatoms. The van der Waals surface area contributed by atoms with E-state index in [0.717, 1.165) is 18.4 Å². The second-order valence-electron chi connectivity index (χ2n) is 3.75. The molecule has 0 atom stereocenters. The maximum Gasteiger partial charge on any atom is 0.200 e. The molecule has 0 radical (unpaired) electrons. The van der Waals surface area contributed by atoms with Crippen LogP contribution in [0.2, 0.25) is 0 Å². The van der Waals surface area contributed by atoms with Crippen LogP contribution < -0.4 is 5.32 Å². The fourth-order valence-corrected chi connectivity index (χ4v) is 1.25. The molecule has 0 spiro atoms. The first-order chi connectivity index (χ1) is 6.29. The molecule has 0 saturated carbocycles. The van der Waals surface area contributed by atoms with Crippen molar-refractivity contribution in [1.82, 2.24) is 9.97 Å². The van der Waals surface area contributed by atoms with Crippen molar-refractivity contribution in [1.29, 1.82) is 0 Å².